The number of nitrogens with two attached hydrogens (primary N) is 1. The summed E-state index contributed by atoms with van der Waals surface area (Å²) in [6.07, 6.45) is 3.98. The summed E-state index contributed by atoms with van der Waals surface area (Å²) >= 11 is 0. The zero-order valence-electron chi connectivity index (χ0n) is 15.7. The van der Waals surface area contributed by atoms with Gasteiger partial charge in [0, 0.05) is 36.3 Å². The monoisotopic (exact) mass is 379 g/mol. The second-order valence-electron chi connectivity index (χ2n) is 7.62. The van der Waals surface area contributed by atoms with E-state index in [1.807, 2.05) is 30.4 Å². The Morgan fingerprint density at radius 1 is 1.25 bits per heavy atom. The van der Waals surface area contributed by atoms with Gasteiger partial charge in [-0.15, -0.1) is 0 Å². The first-order valence-electron chi connectivity index (χ1n) is 9.08. The van der Waals surface area contributed by atoms with E-state index >= 15 is 0 Å². The number of ether oxygens (including phenoxy) is 1. The van der Waals surface area contributed by atoms with Crippen LogP contribution in [0.3, 0.4) is 0 Å². The van der Waals surface area contributed by atoms with Crippen molar-refractivity contribution in [3.63, 3.8) is 0 Å². The van der Waals surface area contributed by atoms with Crippen molar-refractivity contribution in [2.24, 2.45) is 5.73 Å². The topological polar surface area (TPSA) is 98.7 Å². The number of hydrogen-bond acceptors (Lipinski definition) is 5. The van der Waals surface area contributed by atoms with Gasteiger partial charge in [0.15, 0.2) is 0 Å². The SMILES string of the molecule is CC1(C)c2ccccc2N(CCC(N)=O)[C@]12C=Cc1cc([N+](=O)[O-])ccc1O2. The summed E-state index contributed by atoms with van der Waals surface area (Å²) < 4.78 is 6.52. The summed E-state index contributed by atoms with van der Waals surface area (Å²) in [6.45, 7) is 4.59. The van der Waals surface area contributed by atoms with Crippen molar-refractivity contribution >= 4 is 23.4 Å². The van der Waals surface area contributed by atoms with Gasteiger partial charge in [0.2, 0.25) is 11.6 Å². The largest absolute Gasteiger partial charge is 0.463 e. The second-order valence-corrected chi connectivity index (χ2v) is 7.62. The van der Waals surface area contributed by atoms with Gasteiger partial charge in [0.25, 0.3) is 5.69 Å². The number of nitro groups is 1. The summed E-state index contributed by atoms with van der Waals surface area (Å²) in [5.41, 5.74) is 6.88. The molecule has 0 unspecified atom stereocenters. The highest BCUT2D eigenvalue weighted by Gasteiger charge is 2.58. The number of fused-ring (bicyclic) bond motifs is 2. The van der Waals surface area contributed by atoms with Crippen molar-refractivity contribution in [3.8, 4) is 5.75 Å². The molecule has 144 valence electrons. The number of nitrogens with zero attached hydrogens (tertiary/aromatic N) is 2. The summed E-state index contributed by atoms with van der Waals surface area (Å²) in [7, 11) is 0. The molecule has 2 aromatic carbocycles. The van der Waals surface area contributed by atoms with E-state index in [-0.39, 0.29) is 18.0 Å². The van der Waals surface area contributed by atoms with Crippen molar-refractivity contribution in [2.45, 2.75) is 31.4 Å². The zero-order chi connectivity index (χ0) is 20.1. The van der Waals surface area contributed by atoms with E-state index in [0.717, 1.165) is 11.3 Å². The van der Waals surface area contributed by atoms with Crippen molar-refractivity contribution in [3.05, 3.63) is 69.8 Å². The van der Waals surface area contributed by atoms with Gasteiger partial charge in [-0.05, 0) is 43.7 Å². The molecule has 0 aliphatic carbocycles. The molecular formula is C21H21N3O4. The first-order valence-corrected chi connectivity index (χ1v) is 9.08. The molecule has 0 fully saturated rings. The van der Waals surface area contributed by atoms with Crippen LogP contribution in [0.2, 0.25) is 0 Å². The van der Waals surface area contributed by atoms with Crippen LogP contribution in [0.15, 0.2) is 48.5 Å². The van der Waals surface area contributed by atoms with Gasteiger partial charge in [0.1, 0.15) is 5.75 Å². The van der Waals surface area contributed by atoms with E-state index in [9.17, 15) is 14.9 Å². The standard InChI is InChI=1S/C21H21N3O4/c1-20(2)16-5-3-4-6-17(16)23(12-10-19(22)25)21(20)11-9-14-13-15(24(26)27)7-8-18(14)28-21/h3-9,11,13H,10,12H2,1-2H3,(H2,22,25)/t21-/m0/s1. The zero-order valence-corrected chi connectivity index (χ0v) is 15.7. The number of para-hydroxylation sites is 1. The Labute approximate surface area is 162 Å². The van der Waals surface area contributed by atoms with Gasteiger partial charge in [0.05, 0.1) is 10.3 Å². The number of amides is 1. The number of anilines is 1. The third-order valence-corrected chi connectivity index (χ3v) is 5.71. The molecular weight excluding hydrogens is 358 g/mol. The van der Waals surface area contributed by atoms with Crippen LogP contribution < -0.4 is 15.4 Å². The second kappa shape index (κ2) is 6.09. The number of rotatable bonds is 4. The summed E-state index contributed by atoms with van der Waals surface area (Å²) in [4.78, 5) is 24.2. The Bertz CT molecular complexity index is 1010. The molecule has 0 saturated carbocycles. The van der Waals surface area contributed by atoms with Gasteiger partial charge in [-0.2, -0.15) is 0 Å². The quantitative estimate of drug-likeness (QED) is 0.649. The van der Waals surface area contributed by atoms with Crippen molar-refractivity contribution < 1.29 is 14.5 Å². The molecule has 0 radical (unpaired) electrons. The Kier molecular flexibility index (Phi) is 3.92. The molecule has 1 spiro atoms. The lowest BCUT2D eigenvalue weighted by Crippen LogP contribution is -2.60. The molecule has 2 aromatic rings. The van der Waals surface area contributed by atoms with E-state index in [1.54, 1.807) is 6.07 Å². The van der Waals surface area contributed by atoms with E-state index in [4.69, 9.17) is 10.5 Å². The molecule has 2 N–H and O–H groups in total. The van der Waals surface area contributed by atoms with E-state index < -0.39 is 16.1 Å². The fourth-order valence-electron chi connectivity index (χ4n) is 4.21. The van der Waals surface area contributed by atoms with Crippen LogP contribution in [0.5, 0.6) is 5.75 Å². The van der Waals surface area contributed by atoms with Crippen molar-refractivity contribution in [1.29, 1.82) is 0 Å². The molecule has 2 heterocycles. The lowest BCUT2D eigenvalue weighted by Gasteiger charge is -2.47. The fraction of sp³-hybridized carbons (Fsp3) is 0.286. The molecule has 2 aliphatic heterocycles. The Morgan fingerprint density at radius 3 is 2.71 bits per heavy atom. The normalized spacial score (nSPS) is 21.1. The van der Waals surface area contributed by atoms with Gasteiger partial charge < -0.3 is 15.4 Å². The van der Waals surface area contributed by atoms with E-state index in [1.165, 1.54) is 12.1 Å². The predicted molar refractivity (Wildman–Crippen MR) is 106 cm³/mol. The lowest BCUT2D eigenvalue weighted by atomic mass is 9.76. The van der Waals surface area contributed by atoms with Crippen molar-refractivity contribution in [2.75, 3.05) is 11.4 Å². The number of benzene rings is 2. The van der Waals surface area contributed by atoms with Crippen molar-refractivity contribution in [1.82, 2.24) is 0 Å². The smallest absolute Gasteiger partial charge is 0.270 e. The third-order valence-electron chi connectivity index (χ3n) is 5.71. The lowest BCUT2D eigenvalue weighted by molar-refractivity contribution is -0.384. The number of non-ortho nitro benzene ring substituents is 1. The average Bonchev–Trinajstić information content (AvgIpc) is 2.84. The van der Waals surface area contributed by atoms with Crippen LogP contribution in [-0.4, -0.2) is 23.1 Å². The van der Waals surface area contributed by atoms with Gasteiger partial charge in [-0.1, -0.05) is 18.2 Å². The molecule has 7 heteroatoms. The minimum atomic E-state index is -0.866. The highest BCUT2D eigenvalue weighted by Crippen LogP contribution is 2.54. The molecule has 0 aromatic heterocycles. The minimum absolute atomic E-state index is 0.0162. The molecule has 1 atom stereocenters. The average molecular weight is 379 g/mol. The first-order chi connectivity index (χ1) is 13.3. The fourth-order valence-corrected chi connectivity index (χ4v) is 4.21. The van der Waals surface area contributed by atoms with Crippen LogP contribution in [-0.2, 0) is 10.2 Å². The summed E-state index contributed by atoms with van der Waals surface area (Å²) in [5, 5.41) is 11.1. The molecule has 2 aliphatic rings. The Balaban J connectivity index is 1.83. The molecule has 0 saturated heterocycles. The minimum Gasteiger partial charge on any atom is -0.463 e. The highest BCUT2D eigenvalue weighted by molar-refractivity contribution is 5.77. The first kappa shape index (κ1) is 18.0. The molecule has 1 amide bonds. The van der Waals surface area contributed by atoms with Crippen LogP contribution in [0.1, 0.15) is 31.4 Å². The van der Waals surface area contributed by atoms with Crippen LogP contribution in [0, 0.1) is 10.1 Å². The van der Waals surface area contributed by atoms with Gasteiger partial charge in [-0.3, -0.25) is 14.9 Å². The maximum Gasteiger partial charge on any atom is 0.270 e. The highest BCUT2D eigenvalue weighted by atomic mass is 16.6. The van der Waals surface area contributed by atoms with Crippen LogP contribution >= 0.6 is 0 Å². The maximum atomic E-state index is 11.5. The molecule has 28 heavy (non-hydrogen) atoms. The number of nitro benzene ring substituents is 1. The number of carbonyl (C=O) groups is 1. The molecule has 0 bridgehead atoms. The maximum absolute atomic E-state index is 11.5. The van der Waals surface area contributed by atoms with E-state index in [2.05, 4.69) is 24.8 Å². The number of primary amides is 1. The Hall–Kier alpha value is -3.35. The molecule has 7 nitrogen and oxygen atoms in total. The van der Waals surface area contributed by atoms with Gasteiger partial charge >= 0.3 is 0 Å². The predicted octanol–water partition coefficient (Wildman–Crippen LogP) is 3.37. The van der Waals surface area contributed by atoms with Crippen LogP contribution in [0.25, 0.3) is 6.08 Å². The van der Waals surface area contributed by atoms with E-state index in [0.29, 0.717) is 17.9 Å². The number of hydrogen-bond donors (Lipinski definition) is 1. The number of carbonyl (C=O) groups excluding carboxylic acids is 1. The summed E-state index contributed by atoms with van der Waals surface area (Å²) in [6, 6.07) is 12.6. The molecule has 4 rings (SSSR count). The summed E-state index contributed by atoms with van der Waals surface area (Å²) in [5.74, 6) is 0.186. The van der Waals surface area contributed by atoms with Crippen LogP contribution in [0.4, 0.5) is 11.4 Å². The van der Waals surface area contributed by atoms with Gasteiger partial charge in [-0.25, -0.2) is 0 Å². The third kappa shape index (κ3) is 2.46. The Morgan fingerprint density at radius 2 is 2.00 bits per heavy atom.